The van der Waals surface area contributed by atoms with Gasteiger partial charge in [-0.25, -0.2) is 0 Å². The second-order valence-electron chi connectivity index (χ2n) is 6.62. The van der Waals surface area contributed by atoms with E-state index in [-0.39, 0.29) is 5.78 Å². The van der Waals surface area contributed by atoms with Crippen LogP contribution in [0.5, 0.6) is 5.75 Å². The molecule has 27 heavy (non-hydrogen) atoms. The summed E-state index contributed by atoms with van der Waals surface area (Å²) in [7, 11) is 1.66. The second-order valence-corrected chi connectivity index (χ2v) is 7.06. The van der Waals surface area contributed by atoms with Crippen molar-refractivity contribution in [2.24, 2.45) is 0 Å². The highest BCUT2D eigenvalue weighted by Gasteiger charge is 2.22. The molecule has 1 saturated heterocycles. The number of ether oxygens (including phenoxy) is 1. The molecule has 2 aromatic rings. The van der Waals surface area contributed by atoms with Crippen LogP contribution in [-0.2, 0) is 6.54 Å². The SMILES string of the molecule is COc1ccc(Cl)cc1CN1CCN(c2cc(C#N)ccc2C(C)=O)CC1. The van der Waals surface area contributed by atoms with Crippen molar-refractivity contribution in [2.45, 2.75) is 13.5 Å². The van der Waals surface area contributed by atoms with Gasteiger partial charge in [-0.05, 0) is 43.3 Å². The molecule has 0 radical (unpaired) electrons. The first-order valence-electron chi connectivity index (χ1n) is 8.86. The van der Waals surface area contributed by atoms with E-state index in [0.717, 1.165) is 49.7 Å². The highest BCUT2D eigenvalue weighted by atomic mass is 35.5. The van der Waals surface area contributed by atoms with Gasteiger partial charge in [-0.3, -0.25) is 9.69 Å². The lowest BCUT2D eigenvalue weighted by atomic mass is 10.0. The van der Waals surface area contributed by atoms with Crippen molar-refractivity contribution in [3.8, 4) is 11.8 Å². The highest BCUT2D eigenvalue weighted by molar-refractivity contribution is 6.30. The Morgan fingerprint density at radius 2 is 1.93 bits per heavy atom. The zero-order chi connectivity index (χ0) is 19.4. The van der Waals surface area contributed by atoms with Gasteiger partial charge in [0.15, 0.2) is 5.78 Å². The van der Waals surface area contributed by atoms with Crippen LogP contribution >= 0.6 is 11.6 Å². The van der Waals surface area contributed by atoms with Crippen molar-refractivity contribution in [1.82, 2.24) is 4.90 Å². The topological polar surface area (TPSA) is 56.6 Å². The lowest BCUT2D eigenvalue weighted by molar-refractivity contribution is 0.101. The van der Waals surface area contributed by atoms with Crippen LogP contribution in [0.2, 0.25) is 5.02 Å². The van der Waals surface area contributed by atoms with Crippen LogP contribution in [0.25, 0.3) is 0 Å². The number of nitrogens with zero attached hydrogens (tertiary/aromatic N) is 3. The van der Waals surface area contributed by atoms with Gasteiger partial charge in [-0.1, -0.05) is 11.6 Å². The standard InChI is InChI=1S/C21H22ClN3O2/c1-15(26)19-5-3-16(13-23)11-20(19)25-9-7-24(8-10-25)14-17-12-18(22)4-6-21(17)27-2/h3-6,11-12H,7-10,14H2,1-2H3. The van der Waals surface area contributed by atoms with E-state index in [2.05, 4.69) is 15.9 Å². The van der Waals surface area contributed by atoms with Crippen LogP contribution in [0.3, 0.4) is 0 Å². The molecule has 1 fully saturated rings. The van der Waals surface area contributed by atoms with Crippen molar-refractivity contribution in [3.63, 3.8) is 0 Å². The zero-order valence-electron chi connectivity index (χ0n) is 15.5. The van der Waals surface area contributed by atoms with E-state index in [9.17, 15) is 10.1 Å². The maximum Gasteiger partial charge on any atom is 0.161 e. The maximum atomic E-state index is 12.0. The third-order valence-electron chi connectivity index (χ3n) is 4.86. The summed E-state index contributed by atoms with van der Waals surface area (Å²) in [5.74, 6) is 0.850. The molecule has 0 unspecified atom stereocenters. The van der Waals surface area contributed by atoms with E-state index < -0.39 is 0 Å². The van der Waals surface area contributed by atoms with Crippen LogP contribution in [0.15, 0.2) is 36.4 Å². The Kier molecular flexibility index (Phi) is 6.00. The maximum absolute atomic E-state index is 12.0. The van der Waals surface area contributed by atoms with Gasteiger partial charge in [0.05, 0.1) is 18.7 Å². The number of piperazine rings is 1. The average Bonchev–Trinajstić information content (AvgIpc) is 2.68. The fourth-order valence-corrected chi connectivity index (χ4v) is 3.61. The van der Waals surface area contributed by atoms with Crippen molar-refractivity contribution < 1.29 is 9.53 Å². The number of carbonyl (C=O) groups is 1. The van der Waals surface area contributed by atoms with Gasteiger partial charge in [0, 0.05) is 54.6 Å². The second kappa shape index (κ2) is 8.43. The minimum atomic E-state index is 0.0144. The molecule has 6 heteroatoms. The monoisotopic (exact) mass is 383 g/mol. The molecule has 1 heterocycles. The summed E-state index contributed by atoms with van der Waals surface area (Å²) in [4.78, 5) is 16.5. The Balaban J connectivity index is 1.72. The molecule has 0 atom stereocenters. The smallest absolute Gasteiger partial charge is 0.161 e. The summed E-state index contributed by atoms with van der Waals surface area (Å²) >= 11 is 6.13. The van der Waals surface area contributed by atoms with E-state index in [1.165, 1.54) is 0 Å². The molecule has 140 valence electrons. The Morgan fingerprint density at radius 1 is 1.19 bits per heavy atom. The number of rotatable bonds is 5. The van der Waals surface area contributed by atoms with Gasteiger partial charge in [0.25, 0.3) is 0 Å². The van der Waals surface area contributed by atoms with E-state index in [4.69, 9.17) is 16.3 Å². The molecule has 0 aromatic heterocycles. The van der Waals surface area contributed by atoms with Crippen LogP contribution in [-0.4, -0.2) is 44.0 Å². The Labute approximate surface area is 164 Å². The van der Waals surface area contributed by atoms with Gasteiger partial charge < -0.3 is 9.64 Å². The van der Waals surface area contributed by atoms with Crippen molar-refractivity contribution in [1.29, 1.82) is 5.26 Å². The Morgan fingerprint density at radius 3 is 2.56 bits per heavy atom. The number of hydrogen-bond donors (Lipinski definition) is 0. The van der Waals surface area contributed by atoms with Crippen LogP contribution < -0.4 is 9.64 Å². The third kappa shape index (κ3) is 4.41. The molecule has 5 nitrogen and oxygen atoms in total. The number of anilines is 1. The van der Waals surface area contributed by atoms with E-state index >= 15 is 0 Å². The number of Topliss-reactive ketones (excluding diaryl/α,β-unsaturated/α-hetero) is 1. The summed E-state index contributed by atoms with van der Waals surface area (Å²) in [5.41, 5.74) is 3.15. The lowest BCUT2D eigenvalue weighted by Crippen LogP contribution is -2.46. The normalized spacial score (nSPS) is 14.7. The first-order valence-corrected chi connectivity index (χ1v) is 9.24. The van der Waals surface area contributed by atoms with Crippen LogP contribution in [0.1, 0.15) is 28.4 Å². The molecule has 3 rings (SSSR count). The third-order valence-corrected chi connectivity index (χ3v) is 5.09. The van der Waals surface area contributed by atoms with E-state index in [1.54, 1.807) is 26.2 Å². The first-order chi connectivity index (χ1) is 13.0. The summed E-state index contributed by atoms with van der Waals surface area (Å²) in [6.45, 7) is 5.60. The number of halogens is 1. The van der Waals surface area contributed by atoms with Gasteiger partial charge >= 0.3 is 0 Å². The summed E-state index contributed by atoms with van der Waals surface area (Å²) < 4.78 is 5.44. The summed E-state index contributed by atoms with van der Waals surface area (Å²) in [6.07, 6.45) is 0. The molecular formula is C21H22ClN3O2. The highest BCUT2D eigenvalue weighted by Crippen LogP contribution is 2.27. The van der Waals surface area contributed by atoms with E-state index in [1.807, 2.05) is 24.3 Å². The van der Waals surface area contributed by atoms with Gasteiger partial charge in [-0.2, -0.15) is 5.26 Å². The number of nitriles is 1. The van der Waals surface area contributed by atoms with Gasteiger partial charge in [-0.15, -0.1) is 0 Å². The number of carbonyl (C=O) groups excluding carboxylic acids is 1. The summed E-state index contributed by atoms with van der Waals surface area (Å²) in [6, 6.07) is 13.1. The minimum Gasteiger partial charge on any atom is -0.496 e. The molecule has 0 spiro atoms. The largest absolute Gasteiger partial charge is 0.496 e. The van der Waals surface area contributed by atoms with Crippen molar-refractivity contribution in [2.75, 3.05) is 38.2 Å². The summed E-state index contributed by atoms with van der Waals surface area (Å²) in [5, 5.41) is 9.88. The first kappa shape index (κ1) is 19.2. The molecule has 0 saturated carbocycles. The number of ketones is 1. The van der Waals surface area contributed by atoms with Crippen LogP contribution in [0, 0.1) is 11.3 Å². The molecule has 0 amide bonds. The number of benzene rings is 2. The fourth-order valence-electron chi connectivity index (χ4n) is 3.42. The Bertz CT molecular complexity index is 883. The number of methoxy groups -OCH3 is 1. The average molecular weight is 384 g/mol. The Hall–Kier alpha value is -2.55. The van der Waals surface area contributed by atoms with E-state index in [0.29, 0.717) is 16.1 Å². The molecule has 2 aromatic carbocycles. The van der Waals surface area contributed by atoms with Gasteiger partial charge in [0.1, 0.15) is 5.75 Å². The predicted octanol–water partition coefficient (Wildman–Crippen LogP) is 3.75. The van der Waals surface area contributed by atoms with Crippen LogP contribution in [0.4, 0.5) is 5.69 Å². The molecule has 1 aliphatic rings. The lowest BCUT2D eigenvalue weighted by Gasteiger charge is -2.37. The van der Waals surface area contributed by atoms with Crippen molar-refractivity contribution >= 4 is 23.1 Å². The van der Waals surface area contributed by atoms with Gasteiger partial charge in [0.2, 0.25) is 0 Å². The zero-order valence-corrected chi connectivity index (χ0v) is 16.3. The minimum absolute atomic E-state index is 0.0144. The molecule has 1 aliphatic heterocycles. The quantitative estimate of drug-likeness (QED) is 0.736. The molecule has 0 bridgehead atoms. The predicted molar refractivity (Wildman–Crippen MR) is 107 cm³/mol. The number of hydrogen-bond acceptors (Lipinski definition) is 5. The molecule has 0 aliphatic carbocycles. The fraction of sp³-hybridized carbons (Fsp3) is 0.333. The molecular weight excluding hydrogens is 362 g/mol. The van der Waals surface area contributed by atoms with Crippen molar-refractivity contribution in [3.05, 3.63) is 58.1 Å². The molecule has 0 N–H and O–H groups in total.